The number of ether oxygens (including phenoxy) is 3. The summed E-state index contributed by atoms with van der Waals surface area (Å²) in [5.41, 5.74) is 0.0290. The number of hydrogen-bond acceptors (Lipinski definition) is 5. The first-order valence-electron chi connectivity index (χ1n) is 7.41. The molecule has 3 rings (SSSR count). The minimum absolute atomic E-state index is 0.0930. The number of carbonyl (C=O) groups excluding carboxylic acids is 2. The van der Waals surface area contributed by atoms with E-state index in [0.29, 0.717) is 29.3 Å². The van der Waals surface area contributed by atoms with Gasteiger partial charge in [0, 0.05) is 11.8 Å². The Balaban J connectivity index is 1.65. The molecular formula is C17H12ClF2NO5. The SMILES string of the molecule is CC(OC(=O)c1cc(F)c(F)cc1Cl)C(=O)Nc1ccc2c(c1)OCO2. The van der Waals surface area contributed by atoms with Crippen molar-refractivity contribution >= 4 is 29.2 Å². The minimum Gasteiger partial charge on any atom is -0.454 e. The molecule has 0 aliphatic carbocycles. The van der Waals surface area contributed by atoms with E-state index in [1.165, 1.54) is 6.92 Å². The van der Waals surface area contributed by atoms with E-state index < -0.39 is 29.6 Å². The standard InChI is InChI=1S/C17H12ClF2NO5/c1-8(26-17(23)10-5-12(19)13(20)6-11(10)18)16(22)21-9-2-3-14-15(4-9)25-7-24-14/h2-6,8H,7H2,1H3,(H,21,22). The molecule has 0 bridgehead atoms. The molecule has 1 N–H and O–H groups in total. The average Bonchev–Trinajstić information content (AvgIpc) is 3.05. The van der Waals surface area contributed by atoms with Gasteiger partial charge in [-0.1, -0.05) is 11.6 Å². The van der Waals surface area contributed by atoms with E-state index in [-0.39, 0.29) is 17.4 Å². The predicted molar refractivity (Wildman–Crippen MR) is 87.4 cm³/mol. The van der Waals surface area contributed by atoms with Gasteiger partial charge in [0.05, 0.1) is 10.6 Å². The highest BCUT2D eigenvalue weighted by Gasteiger charge is 2.23. The second-order valence-corrected chi connectivity index (χ2v) is 5.76. The molecule has 0 saturated carbocycles. The van der Waals surface area contributed by atoms with Crippen molar-refractivity contribution in [3.05, 3.63) is 52.6 Å². The third-order valence-electron chi connectivity index (χ3n) is 3.52. The Morgan fingerprint density at radius 2 is 1.85 bits per heavy atom. The molecule has 1 atom stereocenters. The first-order chi connectivity index (χ1) is 12.3. The Labute approximate surface area is 151 Å². The lowest BCUT2D eigenvalue weighted by molar-refractivity contribution is -0.123. The Bertz CT molecular complexity index is 890. The highest BCUT2D eigenvalue weighted by molar-refractivity contribution is 6.33. The molecule has 0 radical (unpaired) electrons. The van der Waals surface area contributed by atoms with Crippen LogP contribution >= 0.6 is 11.6 Å². The van der Waals surface area contributed by atoms with Gasteiger partial charge in [0.15, 0.2) is 29.2 Å². The summed E-state index contributed by atoms with van der Waals surface area (Å²) in [6.07, 6.45) is -1.21. The summed E-state index contributed by atoms with van der Waals surface area (Å²) in [6, 6.07) is 6.04. The van der Waals surface area contributed by atoms with Crippen LogP contribution in [0.4, 0.5) is 14.5 Å². The molecule has 0 saturated heterocycles. The maximum absolute atomic E-state index is 13.3. The Morgan fingerprint density at radius 1 is 1.15 bits per heavy atom. The zero-order valence-corrected chi connectivity index (χ0v) is 14.1. The van der Waals surface area contributed by atoms with Crippen molar-refractivity contribution in [2.75, 3.05) is 12.1 Å². The number of rotatable bonds is 4. The van der Waals surface area contributed by atoms with Crippen molar-refractivity contribution in [2.45, 2.75) is 13.0 Å². The molecule has 0 spiro atoms. The van der Waals surface area contributed by atoms with Crippen LogP contribution < -0.4 is 14.8 Å². The lowest BCUT2D eigenvalue weighted by Crippen LogP contribution is -2.30. The van der Waals surface area contributed by atoms with Crippen molar-refractivity contribution in [1.82, 2.24) is 0 Å². The van der Waals surface area contributed by atoms with Gasteiger partial charge in [-0.15, -0.1) is 0 Å². The first-order valence-corrected chi connectivity index (χ1v) is 7.79. The predicted octanol–water partition coefficient (Wildman–Crippen LogP) is 3.53. The highest BCUT2D eigenvalue weighted by atomic mass is 35.5. The van der Waals surface area contributed by atoms with Crippen LogP contribution in [0.2, 0.25) is 5.02 Å². The van der Waals surface area contributed by atoms with Crippen molar-refractivity contribution < 1.29 is 32.6 Å². The molecule has 9 heteroatoms. The topological polar surface area (TPSA) is 73.9 Å². The van der Waals surface area contributed by atoms with E-state index in [1.54, 1.807) is 18.2 Å². The quantitative estimate of drug-likeness (QED) is 0.646. The van der Waals surface area contributed by atoms with Crippen molar-refractivity contribution in [3.63, 3.8) is 0 Å². The number of anilines is 1. The van der Waals surface area contributed by atoms with E-state index in [9.17, 15) is 18.4 Å². The van der Waals surface area contributed by atoms with Crippen LogP contribution in [-0.2, 0) is 9.53 Å². The number of fused-ring (bicyclic) bond motifs is 1. The van der Waals surface area contributed by atoms with Crippen LogP contribution in [-0.4, -0.2) is 24.8 Å². The molecule has 136 valence electrons. The number of carbonyl (C=O) groups is 2. The zero-order valence-electron chi connectivity index (χ0n) is 13.3. The van der Waals surface area contributed by atoms with Gasteiger partial charge in [-0.3, -0.25) is 4.79 Å². The van der Waals surface area contributed by atoms with Crippen LogP contribution in [0.1, 0.15) is 17.3 Å². The second kappa shape index (κ2) is 7.17. The van der Waals surface area contributed by atoms with E-state index >= 15 is 0 Å². The Morgan fingerprint density at radius 3 is 2.62 bits per heavy atom. The molecule has 1 heterocycles. The van der Waals surface area contributed by atoms with E-state index in [1.807, 2.05) is 0 Å². The Kier molecular flexibility index (Phi) is 4.94. The number of amides is 1. The monoisotopic (exact) mass is 383 g/mol. The van der Waals surface area contributed by atoms with Crippen molar-refractivity contribution in [3.8, 4) is 11.5 Å². The van der Waals surface area contributed by atoms with Gasteiger partial charge in [-0.05, 0) is 31.2 Å². The smallest absolute Gasteiger partial charge is 0.340 e. The summed E-state index contributed by atoms with van der Waals surface area (Å²) in [6.45, 7) is 1.42. The molecule has 2 aromatic carbocycles. The maximum Gasteiger partial charge on any atom is 0.340 e. The minimum atomic E-state index is -1.25. The van der Waals surface area contributed by atoms with Gasteiger partial charge in [0.25, 0.3) is 5.91 Å². The lowest BCUT2D eigenvalue weighted by Gasteiger charge is -2.14. The average molecular weight is 384 g/mol. The summed E-state index contributed by atoms with van der Waals surface area (Å²) in [5.74, 6) is -3.10. The van der Waals surface area contributed by atoms with Crippen LogP contribution in [0.5, 0.6) is 11.5 Å². The fourth-order valence-corrected chi connectivity index (χ4v) is 2.40. The summed E-state index contributed by atoms with van der Waals surface area (Å²) < 4.78 is 41.6. The van der Waals surface area contributed by atoms with Crippen molar-refractivity contribution in [2.24, 2.45) is 0 Å². The number of halogens is 3. The molecule has 2 aromatic rings. The first kappa shape index (κ1) is 17.9. The van der Waals surface area contributed by atoms with E-state index in [0.717, 1.165) is 0 Å². The second-order valence-electron chi connectivity index (χ2n) is 5.35. The summed E-state index contributed by atoms with van der Waals surface area (Å²) >= 11 is 5.71. The number of benzene rings is 2. The molecule has 1 amide bonds. The lowest BCUT2D eigenvalue weighted by atomic mass is 10.2. The van der Waals surface area contributed by atoms with E-state index in [2.05, 4.69) is 5.32 Å². The highest BCUT2D eigenvalue weighted by Crippen LogP contribution is 2.34. The van der Waals surface area contributed by atoms with Crippen LogP contribution in [0.15, 0.2) is 30.3 Å². The molecular weight excluding hydrogens is 372 g/mol. The van der Waals surface area contributed by atoms with Crippen LogP contribution in [0, 0.1) is 11.6 Å². The molecule has 26 heavy (non-hydrogen) atoms. The number of nitrogens with one attached hydrogen (secondary N) is 1. The normalized spacial score (nSPS) is 13.2. The van der Waals surface area contributed by atoms with Gasteiger partial charge >= 0.3 is 5.97 Å². The van der Waals surface area contributed by atoms with Crippen LogP contribution in [0.3, 0.4) is 0 Å². The van der Waals surface area contributed by atoms with Crippen LogP contribution in [0.25, 0.3) is 0 Å². The molecule has 1 unspecified atom stereocenters. The fourth-order valence-electron chi connectivity index (χ4n) is 2.17. The zero-order chi connectivity index (χ0) is 18.8. The number of esters is 1. The molecule has 0 aromatic heterocycles. The molecule has 6 nitrogen and oxygen atoms in total. The summed E-state index contributed by atoms with van der Waals surface area (Å²) in [7, 11) is 0. The number of hydrogen-bond donors (Lipinski definition) is 1. The van der Waals surface area contributed by atoms with Gasteiger partial charge < -0.3 is 19.5 Å². The van der Waals surface area contributed by atoms with Gasteiger partial charge in [0.1, 0.15) is 0 Å². The molecule has 1 aliphatic rings. The van der Waals surface area contributed by atoms with Gasteiger partial charge in [0.2, 0.25) is 6.79 Å². The van der Waals surface area contributed by atoms with Gasteiger partial charge in [-0.2, -0.15) is 0 Å². The van der Waals surface area contributed by atoms with Crippen molar-refractivity contribution in [1.29, 1.82) is 0 Å². The Hall–Kier alpha value is -2.87. The largest absolute Gasteiger partial charge is 0.454 e. The van der Waals surface area contributed by atoms with Gasteiger partial charge in [-0.25, -0.2) is 13.6 Å². The third-order valence-corrected chi connectivity index (χ3v) is 3.84. The third kappa shape index (κ3) is 3.70. The summed E-state index contributed by atoms with van der Waals surface area (Å²) in [4.78, 5) is 24.2. The molecule has 0 fully saturated rings. The maximum atomic E-state index is 13.3. The van der Waals surface area contributed by atoms with E-state index in [4.69, 9.17) is 25.8 Å². The molecule has 1 aliphatic heterocycles. The fraction of sp³-hybridized carbons (Fsp3) is 0.176. The summed E-state index contributed by atoms with van der Waals surface area (Å²) in [5, 5.41) is 2.22.